The lowest BCUT2D eigenvalue weighted by Crippen LogP contribution is -2.71. The van der Waals surface area contributed by atoms with Gasteiger partial charge in [0.25, 0.3) is 11.8 Å². The van der Waals surface area contributed by atoms with Gasteiger partial charge in [-0.15, -0.1) is 0 Å². The van der Waals surface area contributed by atoms with Crippen molar-refractivity contribution in [2.45, 2.75) is 81.1 Å². The van der Waals surface area contributed by atoms with Gasteiger partial charge in [0.1, 0.15) is 12.1 Å². The smallest absolute Gasteiger partial charge is 0.281 e. The molecular formula is C34H39N5O5. The monoisotopic (exact) mass is 597 g/mol. The van der Waals surface area contributed by atoms with E-state index < -0.39 is 29.6 Å². The Morgan fingerprint density at radius 1 is 1.16 bits per heavy atom. The molecular weight excluding hydrogens is 558 g/mol. The number of carbonyl (C=O) groups is 3. The quantitative estimate of drug-likeness (QED) is 0.416. The molecule has 3 N–H and O–H groups in total. The van der Waals surface area contributed by atoms with E-state index in [2.05, 4.69) is 46.6 Å². The van der Waals surface area contributed by atoms with E-state index in [4.69, 9.17) is 4.74 Å². The van der Waals surface area contributed by atoms with Gasteiger partial charge in [-0.05, 0) is 55.5 Å². The number of hydrogen-bond donors (Lipinski definition) is 3. The van der Waals surface area contributed by atoms with Crippen LogP contribution in [0.5, 0.6) is 0 Å². The van der Waals surface area contributed by atoms with Crippen LogP contribution < -0.4 is 5.32 Å². The molecule has 0 bridgehead atoms. The van der Waals surface area contributed by atoms with Crippen LogP contribution in [0, 0.1) is 5.92 Å². The lowest BCUT2D eigenvalue weighted by Gasteiger charge is -2.48. The number of fused-ring (bicyclic) bond motifs is 5. The molecule has 230 valence electrons. The van der Waals surface area contributed by atoms with Crippen molar-refractivity contribution in [3.05, 3.63) is 71.4 Å². The lowest BCUT2D eigenvalue weighted by atomic mass is 9.72. The summed E-state index contributed by atoms with van der Waals surface area (Å²) in [6.45, 7) is 2.83. The second-order valence-corrected chi connectivity index (χ2v) is 13.3. The third-order valence-corrected chi connectivity index (χ3v) is 11.0. The predicted octanol–water partition coefficient (Wildman–Crippen LogP) is 2.47. The molecule has 10 heteroatoms. The number of piperazine rings is 1. The standard InChI is InChI=1S/C34H39N5O5/c1-3-33(36-30(40)22-16-24-23-11-7-12-25-29(23)21(18-35-25)17-26(24)37(2)19-22)32(42)39-27(15-20-9-5-4-6-10-20)31(41)38-14-8-13-28(38)34(39,43)44-33/h4-7,9-12,18,22,24,26-28,35,43H,3,8,13-17,19H2,1-2H3,(H,36,40). The van der Waals surface area contributed by atoms with Gasteiger partial charge in [-0.25, -0.2) is 0 Å². The molecule has 44 heavy (non-hydrogen) atoms. The van der Waals surface area contributed by atoms with E-state index >= 15 is 0 Å². The minimum absolute atomic E-state index is 0.121. The zero-order valence-electron chi connectivity index (χ0n) is 25.2. The minimum Gasteiger partial charge on any atom is -0.361 e. The van der Waals surface area contributed by atoms with Crippen LogP contribution in [0.2, 0.25) is 0 Å². The number of amides is 3. The van der Waals surface area contributed by atoms with E-state index in [1.165, 1.54) is 21.4 Å². The van der Waals surface area contributed by atoms with E-state index in [0.29, 0.717) is 32.4 Å². The third-order valence-electron chi connectivity index (χ3n) is 11.0. The highest BCUT2D eigenvalue weighted by atomic mass is 16.7. The van der Waals surface area contributed by atoms with Crippen molar-refractivity contribution < 1.29 is 24.2 Å². The predicted molar refractivity (Wildman–Crippen MR) is 162 cm³/mol. The number of H-pyrrole nitrogens is 1. The highest BCUT2D eigenvalue weighted by molar-refractivity contribution is 5.97. The number of ether oxygens (including phenoxy) is 1. The van der Waals surface area contributed by atoms with Crippen molar-refractivity contribution in [3.63, 3.8) is 0 Å². The average molecular weight is 598 g/mol. The van der Waals surface area contributed by atoms with E-state index in [9.17, 15) is 19.5 Å². The maximum absolute atomic E-state index is 14.4. The molecule has 10 nitrogen and oxygen atoms in total. The highest BCUT2D eigenvalue weighted by Gasteiger charge is 2.70. The molecule has 0 spiro atoms. The van der Waals surface area contributed by atoms with Gasteiger partial charge in [-0.2, -0.15) is 0 Å². The Morgan fingerprint density at radius 3 is 2.77 bits per heavy atom. The zero-order valence-corrected chi connectivity index (χ0v) is 25.2. The molecule has 5 heterocycles. The van der Waals surface area contributed by atoms with Crippen LogP contribution >= 0.6 is 0 Å². The summed E-state index contributed by atoms with van der Waals surface area (Å²) in [5, 5.41) is 16.5. The molecule has 4 fully saturated rings. The fraction of sp³-hybridized carbons (Fsp3) is 0.500. The molecule has 7 atom stereocenters. The fourth-order valence-electron chi connectivity index (χ4n) is 8.85. The Morgan fingerprint density at radius 2 is 1.98 bits per heavy atom. The SMILES string of the molecule is CCC1(NC(=O)C2CC3c4cccc5[nH]cc(c45)CC3N(C)C2)OC2(O)C3CCCN3C(=O)C(Cc3ccccc3)N2C1=O. The molecule has 0 saturated carbocycles. The van der Waals surface area contributed by atoms with Gasteiger partial charge in [-0.1, -0.05) is 49.4 Å². The molecule has 3 amide bonds. The molecule has 7 unspecified atom stereocenters. The van der Waals surface area contributed by atoms with Crippen LogP contribution in [0.4, 0.5) is 0 Å². The second-order valence-electron chi connectivity index (χ2n) is 13.3. The molecule has 3 aromatic rings. The molecule has 5 aliphatic rings. The maximum atomic E-state index is 14.4. The number of aromatic nitrogens is 1. The summed E-state index contributed by atoms with van der Waals surface area (Å²) >= 11 is 0. The van der Waals surface area contributed by atoms with Crippen LogP contribution in [0.3, 0.4) is 0 Å². The number of piperidine rings is 1. The van der Waals surface area contributed by atoms with Gasteiger partial charge >= 0.3 is 0 Å². The molecule has 2 aromatic carbocycles. The lowest BCUT2D eigenvalue weighted by molar-refractivity contribution is -0.317. The normalized spacial score (nSPS) is 34.7. The summed E-state index contributed by atoms with van der Waals surface area (Å²) in [6, 6.07) is 14.5. The van der Waals surface area contributed by atoms with Gasteiger partial charge in [0.05, 0.1) is 5.92 Å². The van der Waals surface area contributed by atoms with Gasteiger partial charge in [0, 0.05) is 55.0 Å². The topological polar surface area (TPSA) is 118 Å². The average Bonchev–Trinajstić information content (AvgIpc) is 3.74. The molecule has 4 aliphatic heterocycles. The summed E-state index contributed by atoms with van der Waals surface area (Å²) in [7, 11) is 2.07. The number of benzene rings is 2. The first kappa shape index (κ1) is 27.8. The first-order valence-electron chi connectivity index (χ1n) is 16.0. The Bertz CT molecular complexity index is 1660. The maximum Gasteiger partial charge on any atom is 0.281 e. The Balaban J connectivity index is 1.10. The Labute approximate surface area is 256 Å². The Kier molecular flexibility index (Phi) is 6.25. The van der Waals surface area contributed by atoms with Gasteiger partial charge in [0.15, 0.2) is 0 Å². The number of likely N-dealkylation sites (tertiary alicyclic amines) is 1. The summed E-state index contributed by atoms with van der Waals surface area (Å²) in [6.07, 6.45) is 5.27. The van der Waals surface area contributed by atoms with E-state index in [-0.39, 0.29) is 42.5 Å². The van der Waals surface area contributed by atoms with Crippen LogP contribution in [-0.2, 0) is 32.0 Å². The second kappa shape index (κ2) is 9.89. The van der Waals surface area contributed by atoms with Crippen LogP contribution in [-0.4, -0.2) is 92.4 Å². The molecule has 0 radical (unpaired) electrons. The number of nitrogens with one attached hydrogen (secondary N) is 2. The summed E-state index contributed by atoms with van der Waals surface area (Å²) in [4.78, 5) is 50.9. The van der Waals surface area contributed by atoms with E-state index in [1.807, 2.05) is 30.3 Å². The molecule has 8 rings (SSSR count). The fourth-order valence-corrected chi connectivity index (χ4v) is 8.85. The van der Waals surface area contributed by atoms with Crippen molar-refractivity contribution in [1.29, 1.82) is 0 Å². The first-order valence-corrected chi connectivity index (χ1v) is 16.0. The van der Waals surface area contributed by atoms with Gasteiger partial charge < -0.3 is 25.2 Å². The minimum atomic E-state index is -2.03. The van der Waals surface area contributed by atoms with E-state index in [0.717, 1.165) is 17.5 Å². The Hall–Kier alpha value is -3.73. The van der Waals surface area contributed by atoms with Crippen molar-refractivity contribution in [2.24, 2.45) is 5.92 Å². The van der Waals surface area contributed by atoms with Gasteiger partial charge in [0.2, 0.25) is 17.5 Å². The number of aromatic amines is 1. The largest absolute Gasteiger partial charge is 0.361 e. The number of aliphatic hydroxyl groups is 1. The zero-order chi connectivity index (χ0) is 30.4. The highest BCUT2D eigenvalue weighted by Crippen LogP contribution is 2.48. The number of nitrogens with zero attached hydrogens (tertiary/aromatic N) is 3. The summed E-state index contributed by atoms with van der Waals surface area (Å²) in [5.41, 5.74) is 2.80. The van der Waals surface area contributed by atoms with E-state index in [1.54, 1.807) is 11.8 Å². The first-order chi connectivity index (χ1) is 21.2. The number of likely N-dealkylation sites (N-methyl/N-ethyl adjacent to an activating group) is 1. The summed E-state index contributed by atoms with van der Waals surface area (Å²) < 4.78 is 6.40. The van der Waals surface area contributed by atoms with Crippen molar-refractivity contribution in [3.8, 4) is 0 Å². The third kappa shape index (κ3) is 3.87. The number of hydrogen-bond acceptors (Lipinski definition) is 6. The van der Waals surface area contributed by atoms with Crippen molar-refractivity contribution in [1.82, 2.24) is 25.0 Å². The molecule has 1 aliphatic carbocycles. The van der Waals surface area contributed by atoms with Crippen LogP contribution in [0.15, 0.2) is 54.7 Å². The number of carbonyl (C=O) groups excluding carboxylic acids is 3. The van der Waals surface area contributed by atoms with Crippen LogP contribution in [0.25, 0.3) is 10.9 Å². The molecule has 4 saturated heterocycles. The molecule has 1 aromatic heterocycles. The van der Waals surface area contributed by atoms with Crippen molar-refractivity contribution in [2.75, 3.05) is 20.1 Å². The van der Waals surface area contributed by atoms with Gasteiger partial charge in [-0.3, -0.25) is 24.0 Å². The number of rotatable bonds is 5. The van der Waals surface area contributed by atoms with Crippen LogP contribution in [0.1, 0.15) is 55.2 Å². The van der Waals surface area contributed by atoms with Crippen molar-refractivity contribution >= 4 is 28.6 Å². The summed E-state index contributed by atoms with van der Waals surface area (Å²) in [5.74, 6) is -3.25.